The monoisotopic (exact) mass is 409 g/mol. The molecular weight excluding hydrogens is 386 g/mol. The number of nitriles is 1. The Hall–Kier alpha value is -3.64. The first-order chi connectivity index (χ1) is 14.6. The van der Waals surface area contributed by atoms with Crippen molar-refractivity contribution in [3.05, 3.63) is 59.8 Å². The molecule has 1 saturated heterocycles. The number of anilines is 1. The largest absolute Gasteiger partial charge is 0.445 e. The van der Waals surface area contributed by atoms with Crippen molar-refractivity contribution in [1.29, 1.82) is 5.26 Å². The summed E-state index contributed by atoms with van der Waals surface area (Å²) in [6, 6.07) is 14.7. The van der Waals surface area contributed by atoms with Crippen LogP contribution in [0.2, 0.25) is 0 Å². The SMILES string of the molecule is N#Cc1cccnc1NCCNC(=O)[C@]1(NC(=O)OCc2ccccc2)CCOC1. The summed E-state index contributed by atoms with van der Waals surface area (Å²) < 4.78 is 10.6. The van der Waals surface area contributed by atoms with Gasteiger partial charge < -0.3 is 25.4 Å². The maximum absolute atomic E-state index is 12.8. The highest BCUT2D eigenvalue weighted by atomic mass is 16.5. The molecule has 1 atom stereocenters. The first-order valence-electron chi connectivity index (χ1n) is 9.57. The normalized spacial score (nSPS) is 17.6. The van der Waals surface area contributed by atoms with Gasteiger partial charge in [0, 0.05) is 32.3 Å². The molecule has 30 heavy (non-hydrogen) atoms. The average Bonchev–Trinajstić information content (AvgIpc) is 3.25. The number of ether oxygens (including phenoxy) is 2. The van der Waals surface area contributed by atoms with Crippen molar-refractivity contribution in [2.45, 2.75) is 18.6 Å². The van der Waals surface area contributed by atoms with Gasteiger partial charge in [-0.3, -0.25) is 4.79 Å². The van der Waals surface area contributed by atoms with Crippen LogP contribution in [-0.2, 0) is 20.9 Å². The molecule has 2 amide bonds. The molecule has 0 saturated carbocycles. The number of carbonyl (C=O) groups is 2. The standard InChI is InChI=1S/C21H23N5O4/c22-13-17-7-4-9-23-18(17)24-10-11-25-19(27)21(8-12-29-15-21)26-20(28)30-14-16-5-2-1-3-6-16/h1-7,9H,8,10-12,14-15H2,(H,23,24)(H,25,27)(H,26,28)/t21-/m0/s1. The molecule has 9 nitrogen and oxygen atoms in total. The number of hydrogen-bond donors (Lipinski definition) is 3. The Kier molecular flexibility index (Phi) is 7.19. The Morgan fingerprint density at radius 3 is 2.77 bits per heavy atom. The molecule has 0 spiro atoms. The van der Waals surface area contributed by atoms with Crippen LogP contribution in [0, 0.1) is 11.3 Å². The number of rotatable bonds is 8. The number of nitrogens with one attached hydrogen (secondary N) is 3. The van der Waals surface area contributed by atoms with E-state index >= 15 is 0 Å². The van der Waals surface area contributed by atoms with Crippen LogP contribution in [0.5, 0.6) is 0 Å². The van der Waals surface area contributed by atoms with Crippen LogP contribution in [0.4, 0.5) is 10.6 Å². The van der Waals surface area contributed by atoms with E-state index in [0.29, 0.717) is 31.0 Å². The third kappa shape index (κ3) is 5.46. The highest BCUT2D eigenvalue weighted by Crippen LogP contribution is 2.19. The van der Waals surface area contributed by atoms with Gasteiger partial charge in [-0.25, -0.2) is 9.78 Å². The number of pyridine rings is 1. The fourth-order valence-corrected chi connectivity index (χ4v) is 3.02. The minimum absolute atomic E-state index is 0.0749. The van der Waals surface area contributed by atoms with Crippen LogP contribution < -0.4 is 16.0 Å². The van der Waals surface area contributed by atoms with Crippen molar-refractivity contribution in [3.63, 3.8) is 0 Å². The van der Waals surface area contributed by atoms with Gasteiger partial charge in [-0.15, -0.1) is 0 Å². The van der Waals surface area contributed by atoms with Gasteiger partial charge in [0.1, 0.15) is 24.0 Å². The van der Waals surface area contributed by atoms with Crippen LogP contribution in [0.25, 0.3) is 0 Å². The van der Waals surface area contributed by atoms with E-state index < -0.39 is 11.6 Å². The van der Waals surface area contributed by atoms with Gasteiger partial charge in [0.25, 0.3) is 0 Å². The van der Waals surface area contributed by atoms with E-state index in [9.17, 15) is 9.59 Å². The molecule has 0 unspecified atom stereocenters. The fraction of sp³-hybridized carbons (Fsp3) is 0.333. The summed E-state index contributed by atoms with van der Waals surface area (Å²) in [6.45, 7) is 1.20. The molecule has 0 aliphatic carbocycles. The molecule has 2 aromatic rings. The van der Waals surface area contributed by atoms with Gasteiger partial charge >= 0.3 is 6.09 Å². The predicted molar refractivity (Wildman–Crippen MR) is 108 cm³/mol. The van der Waals surface area contributed by atoms with Crippen molar-refractivity contribution in [3.8, 4) is 6.07 Å². The zero-order chi connectivity index (χ0) is 21.2. The van der Waals surface area contributed by atoms with Crippen LogP contribution in [0.3, 0.4) is 0 Å². The van der Waals surface area contributed by atoms with E-state index in [0.717, 1.165) is 5.56 Å². The van der Waals surface area contributed by atoms with Crippen molar-refractivity contribution >= 4 is 17.8 Å². The van der Waals surface area contributed by atoms with Gasteiger partial charge in [-0.1, -0.05) is 30.3 Å². The molecule has 156 valence electrons. The minimum Gasteiger partial charge on any atom is -0.445 e. The average molecular weight is 409 g/mol. The van der Waals surface area contributed by atoms with Crippen LogP contribution >= 0.6 is 0 Å². The van der Waals surface area contributed by atoms with Crippen molar-refractivity contribution < 1.29 is 19.1 Å². The molecular formula is C21H23N5O4. The second-order valence-corrected chi connectivity index (χ2v) is 6.77. The predicted octanol–water partition coefficient (Wildman–Crippen LogP) is 1.57. The Labute approximate surface area is 174 Å². The minimum atomic E-state index is -1.17. The van der Waals surface area contributed by atoms with E-state index in [1.165, 1.54) is 0 Å². The zero-order valence-electron chi connectivity index (χ0n) is 16.4. The second kappa shape index (κ2) is 10.2. The molecule has 1 fully saturated rings. The van der Waals surface area contributed by atoms with E-state index in [1.54, 1.807) is 18.3 Å². The smallest absolute Gasteiger partial charge is 0.408 e. The molecule has 1 aromatic heterocycles. The number of benzene rings is 1. The fourth-order valence-electron chi connectivity index (χ4n) is 3.02. The topological polar surface area (TPSA) is 125 Å². The second-order valence-electron chi connectivity index (χ2n) is 6.77. The van der Waals surface area contributed by atoms with E-state index in [2.05, 4.69) is 27.0 Å². The molecule has 0 bridgehead atoms. The summed E-state index contributed by atoms with van der Waals surface area (Å²) in [5.74, 6) is 0.107. The number of nitrogens with zero attached hydrogens (tertiary/aromatic N) is 2. The van der Waals surface area contributed by atoms with Crippen LogP contribution in [-0.4, -0.2) is 48.8 Å². The molecule has 3 rings (SSSR count). The number of alkyl carbamates (subject to hydrolysis) is 1. The molecule has 1 aliphatic rings. The molecule has 0 radical (unpaired) electrons. The first-order valence-corrected chi connectivity index (χ1v) is 9.57. The first kappa shape index (κ1) is 21.1. The van der Waals surface area contributed by atoms with Gasteiger partial charge in [-0.05, 0) is 17.7 Å². The summed E-state index contributed by atoms with van der Waals surface area (Å²) in [6.07, 6.45) is 1.26. The third-order valence-electron chi connectivity index (χ3n) is 4.64. The summed E-state index contributed by atoms with van der Waals surface area (Å²) >= 11 is 0. The van der Waals surface area contributed by atoms with E-state index in [1.807, 2.05) is 30.3 Å². The maximum Gasteiger partial charge on any atom is 0.408 e. The van der Waals surface area contributed by atoms with Gasteiger partial charge in [0.05, 0.1) is 12.2 Å². The summed E-state index contributed by atoms with van der Waals surface area (Å²) in [5.41, 5.74) is 0.106. The van der Waals surface area contributed by atoms with Gasteiger partial charge in [0.15, 0.2) is 0 Å². The van der Waals surface area contributed by atoms with Crippen LogP contribution in [0.1, 0.15) is 17.5 Å². The van der Waals surface area contributed by atoms with Crippen molar-refractivity contribution in [1.82, 2.24) is 15.6 Å². The Bertz CT molecular complexity index is 907. The lowest BCUT2D eigenvalue weighted by Crippen LogP contribution is -2.60. The summed E-state index contributed by atoms with van der Waals surface area (Å²) in [4.78, 5) is 29.1. The lowest BCUT2D eigenvalue weighted by molar-refractivity contribution is -0.127. The van der Waals surface area contributed by atoms with Crippen molar-refractivity contribution in [2.24, 2.45) is 0 Å². The van der Waals surface area contributed by atoms with Crippen LogP contribution in [0.15, 0.2) is 48.7 Å². The summed E-state index contributed by atoms with van der Waals surface area (Å²) in [7, 11) is 0. The van der Waals surface area contributed by atoms with E-state index in [-0.39, 0.29) is 25.7 Å². The zero-order valence-corrected chi connectivity index (χ0v) is 16.4. The quantitative estimate of drug-likeness (QED) is 0.565. The Morgan fingerprint density at radius 1 is 1.20 bits per heavy atom. The summed E-state index contributed by atoms with van der Waals surface area (Å²) in [5, 5.41) is 17.5. The van der Waals surface area contributed by atoms with E-state index in [4.69, 9.17) is 14.7 Å². The lowest BCUT2D eigenvalue weighted by Gasteiger charge is -2.27. The molecule has 1 aliphatic heterocycles. The lowest BCUT2D eigenvalue weighted by atomic mass is 9.98. The number of hydrogen-bond acceptors (Lipinski definition) is 7. The maximum atomic E-state index is 12.8. The number of amides is 2. The third-order valence-corrected chi connectivity index (χ3v) is 4.64. The van der Waals surface area contributed by atoms with Crippen molar-refractivity contribution in [2.75, 3.05) is 31.6 Å². The molecule has 1 aromatic carbocycles. The Morgan fingerprint density at radius 2 is 2.03 bits per heavy atom. The Balaban J connectivity index is 1.48. The highest BCUT2D eigenvalue weighted by molar-refractivity contribution is 5.90. The highest BCUT2D eigenvalue weighted by Gasteiger charge is 2.44. The van der Waals surface area contributed by atoms with Gasteiger partial charge in [-0.2, -0.15) is 5.26 Å². The number of aromatic nitrogens is 1. The number of carbonyl (C=O) groups excluding carboxylic acids is 2. The molecule has 9 heteroatoms. The molecule has 2 heterocycles. The van der Waals surface area contributed by atoms with Gasteiger partial charge in [0.2, 0.25) is 5.91 Å². The molecule has 3 N–H and O–H groups in total.